The third-order valence-corrected chi connectivity index (χ3v) is 4.88. The Balaban J connectivity index is 1.70. The van der Waals surface area contributed by atoms with Crippen LogP contribution in [0.2, 0.25) is 0 Å². The Bertz CT molecular complexity index is 795. The number of aliphatic hydroxyl groups is 2. The molecule has 1 aromatic carbocycles. The van der Waals surface area contributed by atoms with E-state index in [0.29, 0.717) is 6.61 Å². The number of hydrogen-bond donors (Lipinski definition) is 2. The quantitative estimate of drug-likeness (QED) is 0.830. The second kappa shape index (κ2) is 7.59. The molecule has 0 aliphatic carbocycles. The Morgan fingerprint density at radius 3 is 2.88 bits per heavy atom. The maximum absolute atomic E-state index is 9.70. The minimum atomic E-state index is -0.972. The van der Waals surface area contributed by atoms with Crippen LogP contribution in [0.4, 0.5) is 0 Å². The van der Waals surface area contributed by atoms with Crippen LogP contribution in [0.1, 0.15) is 34.7 Å². The second-order valence-electron chi connectivity index (χ2n) is 6.73. The van der Waals surface area contributed by atoms with Crippen LogP contribution < -0.4 is 4.74 Å². The van der Waals surface area contributed by atoms with Crippen LogP contribution >= 0.6 is 11.3 Å². The van der Waals surface area contributed by atoms with Crippen LogP contribution in [0.15, 0.2) is 30.3 Å². The van der Waals surface area contributed by atoms with Gasteiger partial charge < -0.3 is 14.9 Å². The normalized spacial score (nSPS) is 14.9. The molecule has 1 aromatic heterocycles. The van der Waals surface area contributed by atoms with E-state index in [-0.39, 0.29) is 6.61 Å². The summed E-state index contributed by atoms with van der Waals surface area (Å²) in [6.07, 6.45) is 0. The fourth-order valence-corrected chi connectivity index (χ4v) is 3.60. The fraction of sp³-hybridized carbons (Fsp3) is 0.400. The highest BCUT2D eigenvalue weighted by Crippen LogP contribution is 2.26. The first-order valence-corrected chi connectivity index (χ1v) is 9.17. The van der Waals surface area contributed by atoms with Gasteiger partial charge in [0, 0.05) is 30.1 Å². The van der Waals surface area contributed by atoms with Crippen molar-refractivity contribution in [3.8, 4) is 17.6 Å². The van der Waals surface area contributed by atoms with Crippen molar-refractivity contribution in [2.24, 2.45) is 0 Å². The lowest BCUT2D eigenvalue weighted by Crippen LogP contribution is -2.24. The predicted molar refractivity (Wildman–Crippen MR) is 99.5 cm³/mol. The second-order valence-corrected chi connectivity index (χ2v) is 7.90. The first-order chi connectivity index (χ1) is 11.9. The molecule has 0 saturated carbocycles. The van der Waals surface area contributed by atoms with E-state index in [1.54, 1.807) is 25.2 Å². The van der Waals surface area contributed by atoms with Gasteiger partial charge in [0.25, 0.3) is 0 Å². The van der Waals surface area contributed by atoms with E-state index in [0.717, 1.165) is 41.4 Å². The lowest BCUT2D eigenvalue weighted by molar-refractivity contribution is 0.143. The molecule has 2 aromatic rings. The summed E-state index contributed by atoms with van der Waals surface area (Å²) in [7, 11) is 0. The minimum Gasteiger partial charge on any atom is -0.492 e. The highest BCUT2D eigenvalue weighted by molar-refractivity contribution is 7.12. The third-order valence-electron chi connectivity index (χ3n) is 3.90. The summed E-state index contributed by atoms with van der Waals surface area (Å²) in [5, 5.41) is 19.0. The van der Waals surface area contributed by atoms with Gasteiger partial charge in [0.2, 0.25) is 0 Å². The van der Waals surface area contributed by atoms with E-state index in [1.807, 2.05) is 24.3 Å². The topological polar surface area (TPSA) is 52.9 Å². The van der Waals surface area contributed by atoms with Gasteiger partial charge in [-0.25, -0.2) is 0 Å². The number of fused-ring (bicyclic) bond motifs is 1. The molecule has 0 unspecified atom stereocenters. The summed E-state index contributed by atoms with van der Waals surface area (Å²) >= 11 is 1.66. The summed E-state index contributed by atoms with van der Waals surface area (Å²) in [6.45, 7) is 6.55. The van der Waals surface area contributed by atoms with Crippen molar-refractivity contribution in [3.63, 3.8) is 0 Å². The standard InChI is InChI=1S/C20H23NO3S/c1-20(2,23)8-7-17-4-5-18(25-17)13-21-9-10-24-19-6-3-15(14-22)11-16(19)12-21/h3-6,11,22-23H,9-10,12-14H2,1-2H3. The molecule has 25 heavy (non-hydrogen) atoms. The molecule has 0 atom stereocenters. The monoisotopic (exact) mass is 357 g/mol. The van der Waals surface area contributed by atoms with Crippen molar-refractivity contribution < 1.29 is 14.9 Å². The summed E-state index contributed by atoms with van der Waals surface area (Å²) < 4.78 is 5.83. The molecule has 0 saturated heterocycles. The number of ether oxygens (including phenoxy) is 1. The lowest BCUT2D eigenvalue weighted by atomic mass is 10.1. The van der Waals surface area contributed by atoms with Gasteiger partial charge in [0.05, 0.1) is 11.5 Å². The SMILES string of the molecule is CC(C)(O)C#Cc1ccc(CN2CCOc3ccc(CO)cc3C2)s1. The van der Waals surface area contributed by atoms with E-state index < -0.39 is 5.60 Å². The Labute approximate surface area is 152 Å². The molecule has 0 radical (unpaired) electrons. The van der Waals surface area contributed by atoms with Crippen LogP contribution in [0, 0.1) is 11.8 Å². The van der Waals surface area contributed by atoms with Crippen molar-refractivity contribution in [2.45, 2.75) is 39.1 Å². The van der Waals surface area contributed by atoms with E-state index in [1.165, 1.54) is 4.88 Å². The van der Waals surface area contributed by atoms with Crippen LogP contribution in [0.3, 0.4) is 0 Å². The molecule has 2 heterocycles. The Kier molecular flexibility index (Phi) is 5.45. The summed E-state index contributed by atoms with van der Waals surface area (Å²) in [5.74, 6) is 6.79. The van der Waals surface area contributed by atoms with E-state index >= 15 is 0 Å². The Morgan fingerprint density at radius 1 is 1.28 bits per heavy atom. The molecule has 0 spiro atoms. The van der Waals surface area contributed by atoms with Gasteiger partial charge in [-0.05, 0) is 43.7 Å². The maximum atomic E-state index is 9.70. The van der Waals surface area contributed by atoms with Crippen LogP contribution in [0.5, 0.6) is 5.75 Å². The third kappa shape index (κ3) is 5.07. The van der Waals surface area contributed by atoms with Crippen molar-refractivity contribution >= 4 is 11.3 Å². The zero-order valence-corrected chi connectivity index (χ0v) is 15.4. The number of aliphatic hydroxyl groups excluding tert-OH is 1. The fourth-order valence-electron chi connectivity index (χ4n) is 2.70. The highest BCUT2D eigenvalue weighted by atomic mass is 32.1. The van der Waals surface area contributed by atoms with E-state index in [2.05, 4.69) is 22.8 Å². The summed E-state index contributed by atoms with van der Waals surface area (Å²) in [5.41, 5.74) is 1.05. The van der Waals surface area contributed by atoms with Crippen molar-refractivity contribution in [1.29, 1.82) is 0 Å². The van der Waals surface area contributed by atoms with Gasteiger partial charge in [-0.1, -0.05) is 17.9 Å². The van der Waals surface area contributed by atoms with Gasteiger partial charge in [0.1, 0.15) is 18.0 Å². The minimum absolute atomic E-state index is 0.0431. The zero-order valence-electron chi connectivity index (χ0n) is 14.6. The van der Waals surface area contributed by atoms with Crippen LogP contribution in [-0.2, 0) is 19.7 Å². The molecule has 132 valence electrons. The molecular formula is C20H23NO3S. The molecule has 0 fully saturated rings. The molecule has 5 heteroatoms. The Hall–Kier alpha value is -1.84. The van der Waals surface area contributed by atoms with Gasteiger partial charge in [-0.15, -0.1) is 11.3 Å². The van der Waals surface area contributed by atoms with E-state index in [9.17, 15) is 10.2 Å². The largest absolute Gasteiger partial charge is 0.492 e. The van der Waals surface area contributed by atoms with Gasteiger partial charge in [-0.2, -0.15) is 0 Å². The first-order valence-electron chi connectivity index (χ1n) is 8.35. The lowest BCUT2D eigenvalue weighted by Gasteiger charge is -2.18. The summed E-state index contributed by atoms with van der Waals surface area (Å²) in [4.78, 5) is 4.54. The van der Waals surface area contributed by atoms with Gasteiger partial charge in [-0.3, -0.25) is 4.90 Å². The zero-order chi connectivity index (χ0) is 17.9. The molecule has 1 aliphatic heterocycles. The predicted octanol–water partition coefficient (Wildman–Crippen LogP) is 2.76. The van der Waals surface area contributed by atoms with Crippen molar-refractivity contribution in [3.05, 3.63) is 51.2 Å². The molecule has 3 rings (SSSR count). The average molecular weight is 357 g/mol. The number of hydrogen-bond acceptors (Lipinski definition) is 5. The van der Waals surface area contributed by atoms with Gasteiger partial charge in [0.15, 0.2) is 0 Å². The molecule has 1 aliphatic rings. The average Bonchev–Trinajstić information content (AvgIpc) is 2.91. The molecule has 0 amide bonds. The number of thiophene rings is 1. The Morgan fingerprint density at radius 2 is 2.12 bits per heavy atom. The first kappa shape index (κ1) is 18.0. The maximum Gasteiger partial charge on any atom is 0.123 e. The summed E-state index contributed by atoms with van der Waals surface area (Å²) in [6, 6.07) is 9.96. The molecule has 0 bridgehead atoms. The van der Waals surface area contributed by atoms with Gasteiger partial charge >= 0.3 is 0 Å². The number of benzene rings is 1. The molecule has 2 N–H and O–H groups in total. The smallest absolute Gasteiger partial charge is 0.123 e. The highest BCUT2D eigenvalue weighted by Gasteiger charge is 2.16. The van der Waals surface area contributed by atoms with Crippen molar-refractivity contribution in [2.75, 3.05) is 13.2 Å². The van der Waals surface area contributed by atoms with Crippen LogP contribution in [-0.4, -0.2) is 33.9 Å². The van der Waals surface area contributed by atoms with Crippen molar-refractivity contribution in [1.82, 2.24) is 4.90 Å². The number of nitrogens with zero attached hydrogens (tertiary/aromatic N) is 1. The van der Waals surface area contributed by atoms with Crippen LogP contribution in [0.25, 0.3) is 0 Å². The van der Waals surface area contributed by atoms with E-state index in [4.69, 9.17) is 4.74 Å². The molecule has 4 nitrogen and oxygen atoms in total. The molecular weight excluding hydrogens is 334 g/mol. The number of rotatable bonds is 3.